The van der Waals surface area contributed by atoms with E-state index >= 15 is 0 Å². The molecule has 0 saturated carbocycles. The molecular weight excluding hydrogens is 436 g/mol. The van der Waals surface area contributed by atoms with Gasteiger partial charge in [-0.05, 0) is 25.1 Å². The van der Waals surface area contributed by atoms with Gasteiger partial charge in [0, 0.05) is 24.7 Å². The molecule has 2 heterocycles. The van der Waals surface area contributed by atoms with Gasteiger partial charge in [0.2, 0.25) is 5.91 Å². The molecular formula is C22H26N2O7S. The maximum absolute atomic E-state index is 13.2. The maximum atomic E-state index is 13.2. The average Bonchev–Trinajstić information content (AvgIpc) is 3.08. The van der Waals surface area contributed by atoms with Gasteiger partial charge >= 0.3 is 5.97 Å². The van der Waals surface area contributed by atoms with E-state index in [9.17, 15) is 14.4 Å². The Hall–Kier alpha value is -3.11. The molecule has 1 saturated heterocycles. The van der Waals surface area contributed by atoms with Crippen LogP contribution in [0.5, 0.6) is 11.5 Å². The van der Waals surface area contributed by atoms with Crippen molar-refractivity contribution in [2.75, 3.05) is 47.1 Å². The van der Waals surface area contributed by atoms with Crippen LogP contribution in [0.15, 0.2) is 23.0 Å². The SMILES string of the molecule is CCOC(=O)/C=c1\s/c(=C\c2ccc(OC)cc2OC)c(=O)n1CC(=O)N1CCOCC1. The van der Waals surface area contributed by atoms with E-state index in [0.717, 1.165) is 11.3 Å². The largest absolute Gasteiger partial charge is 0.497 e. The molecule has 0 bridgehead atoms. The van der Waals surface area contributed by atoms with Gasteiger partial charge in [-0.15, -0.1) is 11.3 Å². The van der Waals surface area contributed by atoms with Crippen LogP contribution in [-0.2, 0) is 25.6 Å². The molecule has 0 aliphatic carbocycles. The normalized spacial score (nSPS) is 15.0. The number of hydrogen-bond acceptors (Lipinski definition) is 8. The molecule has 1 aliphatic rings. The molecule has 172 valence electrons. The first-order chi connectivity index (χ1) is 15.5. The summed E-state index contributed by atoms with van der Waals surface area (Å²) in [5.74, 6) is 0.370. The molecule has 1 aromatic carbocycles. The lowest BCUT2D eigenvalue weighted by atomic mass is 10.2. The van der Waals surface area contributed by atoms with E-state index in [-0.39, 0.29) is 24.6 Å². The highest BCUT2D eigenvalue weighted by Gasteiger charge is 2.19. The smallest absolute Gasteiger partial charge is 0.333 e. The second-order valence-electron chi connectivity index (χ2n) is 6.84. The lowest BCUT2D eigenvalue weighted by Crippen LogP contribution is -2.45. The summed E-state index contributed by atoms with van der Waals surface area (Å²) in [6, 6.07) is 5.24. The Kier molecular flexibility index (Phi) is 8.07. The van der Waals surface area contributed by atoms with E-state index in [1.807, 2.05) is 0 Å². The molecule has 1 amide bonds. The molecule has 2 aromatic rings. The number of methoxy groups -OCH3 is 2. The minimum atomic E-state index is -0.574. The van der Waals surface area contributed by atoms with Crippen molar-refractivity contribution < 1.29 is 28.5 Å². The Bertz CT molecular complexity index is 1150. The quantitative estimate of drug-likeness (QED) is 0.533. The fourth-order valence-electron chi connectivity index (χ4n) is 3.20. The maximum Gasteiger partial charge on any atom is 0.333 e. The minimum absolute atomic E-state index is 0.172. The van der Waals surface area contributed by atoms with Gasteiger partial charge < -0.3 is 23.8 Å². The molecule has 1 fully saturated rings. The van der Waals surface area contributed by atoms with Crippen LogP contribution < -0.4 is 24.2 Å². The number of rotatable bonds is 7. The third-order valence-electron chi connectivity index (χ3n) is 4.85. The van der Waals surface area contributed by atoms with Gasteiger partial charge in [0.05, 0.1) is 44.6 Å². The van der Waals surface area contributed by atoms with Gasteiger partial charge in [-0.2, -0.15) is 0 Å². The molecule has 9 nitrogen and oxygen atoms in total. The van der Waals surface area contributed by atoms with E-state index in [2.05, 4.69) is 0 Å². The number of nitrogens with zero attached hydrogens (tertiary/aromatic N) is 2. The summed E-state index contributed by atoms with van der Waals surface area (Å²) >= 11 is 1.11. The number of morpholine rings is 1. The third kappa shape index (κ3) is 5.57. The van der Waals surface area contributed by atoms with Crippen molar-refractivity contribution in [2.45, 2.75) is 13.5 Å². The van der Waals surface area contributed by atoms with Gasteiger partial charge in [0.1, 0.15) is 22.7 Å². The summed E-state index contributed by atoms with van der Waals surface area (Å²) in [7, 11) is 3.08. The van der Waals surface area contributed by atoms with Gasteiger partial charge in [0.15, 0.2) is 0 Å². The number of carbonyl (C=O) groups is 2. The summed E-state index contributed by atoms with van der Waals surface area (Å²) < 4.78 is 22.9. The number of aromatic nitrogens is 1. The van der Waals surface area contributed by atoms with Crippen molar-refractivity contribution >= 4 is 35.4 Å². The van der Waals surface area contributed by atoms with Crippen molar-refractivity contribution in [1.29, 1.82) is 0 Å². The van der Waals surface area contributed by atoms with Crippen LogP contribution in [0.3, 0.4) is 0 Å². The predicted molar refractivity (Wildman–Crippen MR) is 119 cm³/mol. The number of thiazole rings is 1. The number of hydrogen-bond donors (Lipinski definition) is 0. The van der Waals surface area contributed by atoms with Gasteiger partial charge in [-0.25, -0.2) is 4.79 Å². The first kappa shape index (κ1) is 23.6. The molecule has 0 unspecified atom stereocenters. The monoisotopic (exact) mass is 462 g/mol. The summed E-state index contributed by atoms with van der Waals surface area (Å²) in [6.45, 7) is 3.59. The number of amides is 1. The fraction of sp³-hybridized carbons (Fsp3) is 0.409. The van der Waals surface area contributed by atoms with E-state index in [4.69, 9.17) is 18.9 Å². The Morgan fingerprint density at radius 2 is 1.94 bits per heavy atom. The fourth-order valence-corrected chi connectivity index (χ4v) is 4.23. The zero-order valence-electron chi connectivity index (χ0n) is 18.3. The summed E-state index contributed by atoms with van der Waals surface area (Å²) in [6.07, 6.45) is 2.91. The lowest BCUT2D eigenvalue weighted by molar-refractivity contribution is -0.136. The third-order valence-corrected chi connectivity index (χ3v) is 5.91. The molecule has 3 rings (SSSR count). The highest BCUT2D eigenvalue weighted by Crippen LogP contribution is 2.24. The van der Waals surface area contributed by atoms with E-state index in [1.165, 1.54) is 17.8 Å². The second-order valence-corrected chi connectivity index (χ2v) is 7.90. The Morgan fingerprint density at radius 1 is 1.19 bits per heavy atom. The first-order valence-corrected chi connectivity index (χ1v) is 11.0. The van der Waals surface area contributed by atoms with Crippen LogP contribution in [0, 0.1) is 0 Å². The van der Waals surface area contributed by atoms with Crippen molar-refractivity contribution in [3.05, 3.63) is 43.3 Å². The first-order valence-electron chi connectivity index (χ1n) is 10.1. The van der Waals surface area contributed by atoms with Gasteiger partial charge in [-0.3, -0.25) is 14.2 Å². The highest BCUT2D eigenvalue weighted by atomic mass is 32.1. The van der Waals surface area contributed by atoms with Crippen LogP contribution >= 0.6 is 11.3 Å². The van der Waals surface area contributed by atoms with Gasteiger partial charge in [-0.1, -0.05) is 0 Å². The van der Waals surface area contributed by atoms with E-state index < -0.39 is 5.97 Å². The van der Waals surface area contributed by atoms with Crippen molar-refractivity contribution in [3.8, 4) is 11.5 Å². The van der Waals surface area contributed by atoms with Crippen LogP contribution in [-0.4, -0.2) is 68.5 Å². The molecule has 32 heavy (non-hydrogen) atoms. The molecule has 0 N–H and O–H groups in total. The molecule has 0 radical (unpaired) electrons. The van der Waals surface area contributed by atoms with E-state index in [1.54, 1.807) is 43.2 Å². The molecule has 1 aromatic heterocycles. The second kappa shape index (κ2) is 11.0. The lowest BCUT2D eigenvalue weighted by Gasteiger charge is -2.26. The Labute approximate surface area is 189 Å². The summed E-state index contributed by atoms with van der Waals surface area (Å²) in [5.41, 5.74) is 0.297. The topological polar surface area (TPSA) is 96.3 Å². The Morgan fingerprint density at radius 3 is 2.59 bits per heavy atom. The van der Waals surface area contributed by atoms with Crippen molar-refractivity contribution in [3.63, 3.8) is 0 Å². The zero-order chi connectivity index (χ0) is 23.1. The van der Waals surface area contributed by atoms with Crippen LogP contribution in [0.4, 0.5) is 0 Å². The molecule has 0 spiro atoms. The zero-order valence-corrected chi connectivity index (χ0v) is 19.1. The van der Waals surface area contributed by atoms with Crippen molar-refractivity contribution in [1.82, 2.24) is 9.47 Å². The van der Waals surface area contributed by atoms with Crippen LogP contribution in [0.25, 0.3) is 12.2 Å². The molecule has 1 aliphatic heterocycles. The number of carbonyl (C=O) groups excluding carboxylic acids is 2. The highest BCUT2D eigenvalue weighted by molar-refractivity contribution is 7.07. The number of benzene rings is 1. The van der Waals surface area contributed by atoms with Crippen molar-refractivity contribution in [2.24, 2.45) is 0 Å². The molecule has 0 atom stereocenters. The Balaban J connectivity index is 2.06. The predicted octanol–water partition coefficient (Wildman–Crippen LogP) is -0.0418. The van der Waals surface area contributed by atoms with Gasteiger partial charge in [0.25, 0.3) is 5.56 Å². The summed E-state index contributed by atoms with van der Waals surface area (Å²) in [5, 5.41) is 0. The van der Waals surface area contributed by atoms with Crippen LogP contribution in [0.2, 0.25) is 0 Å². The minimum Gasteiger partial charge on any atom is -0.497 e. The summed E-state index contributed by atoms with van der Waals surface area (Å²) in [4.78, 5) is 39.7. The average molecular weight is 463 g/mol. The molecule has 10 heteroatoms. The van der Waals surface area contributed by atoms with Crippen LogP contribution in [0.1, 0.15) is 12.5 Å². The van der Waals surface area contributed by atoms with E-state index in [0.29, 0.717) is 52.6 Å². The number of ether oxygens (including phenoxy) is 4. The standard InChI is InChI=1S/C22H26N2O7S/c1-4-31-21(26)13-20-24(14-19(25)23-7-9-30-10-8-23)22(27)18(32-20)11-15-5-6-16(28-2)12-17(15)29-3/h5-6,11-13H,4,7-10,14H2,1-3H3/b18-11-,20-13-. The number of esters is 1.